The minimum Gasteiger partial charge on any atom is -0.298 e. The fourth-order valence-corrected chi connectivity index (χ4v) is 2.31. The highest BCUT2D eigenvalue weighted by atomic mass is 16.1. The summed E-state index contributed by atoms with van der Waals surface area (Å²) < 4.78 is 0. The molecule has 112 valence electrons. The van der Waals surface area contributed by atoms with Crippen LogP contribution in [0.4, 0.5) is 0 Å². The molecular formula is C21H22O. The first-order valence-electron chi connectivity index (χ1n) is 7.54. The van der Waals surface area contributed by atoms with Crippen molar-refractivity contribution < 1.29 is 4.79 Å². The van der Waals surface area contributed by atoms with Crippen LogP contribution >= 0.6 is 0 Å². The van der Waals surface area contributed by atoms with Crippen molar-refractivity contribution in [3.63, 3.8) is 0 Å². The van der Waals surface area contributed by atoms with Crippen LogP contribution < -0.4 is 0 Å². The first-order chi connectivity index (χ1) is 10.5. The summed E-state index contributed by atoms with van der Waals surface area (Å²) in [5, 5.41) is 0. The second kappa shape index (κ2) is 7.04. The molecule has 0 aliphatic rings. The van der Waals surface area contributed by atoms with Gasteiger partial charge >= 0.3 is 0 Å². The number of aldehydes is 1. The summed E-state index contributed by atoms with van der Waals surface area (Å²) in [7, 11) is 0. The van der Waals surface area contributed by atoms with Gasteiger partial charge in [-0.15, -0.1) is 0 Å². The predicted octanol–water partition coefficient (Wildman–Crippen LogP) is 5.66. The minimum atomic E-state index is 0.544. The number of carbonyl (C=O) groups is 1. The number of allylic oxidation sites excluding steroid dienone is 2. The maximum atomic E-state index is 10.7. The lowest BCUT2D eigenvalue weighted by Gasteiger charge is -2.08. The first-order valence-corrected chi connectivity index (χ1v) is 7.54. The molecule has 0 N–H and O–H groups in total. The lowest BCUT2D eigenvalue weighted by Crippen LogP contribution is -1.90. The fraction of sp³-hybridized carbons (Fsp3) is 0.190. The van der Waals surface area contributed by atoms with Crippen molar-refractivity contribution in [2.45, 2.75) is 26.7 Å². The predicted molar refractivity (Wildman–Crippen MR) is 95.2 cm³/mol. The van der Waals surface area contributed by atoms with Crippen LogP contribution in [0.1, 0.15) is 52.4 Å². The molecular weight excluding hydrogens is 268 g/mol. The molecule has 2 aromatic rings. The van der Waals surface area contributed by atoms with Gasteiger partial charge in [0.05, 0.1) is 0 Å². The summed E-state index contributed by atoms with van der Waals surface area (Å²) in [6, 6.07) is 14.0. The lowest BCUT2D eigenvalue weighted by atomic mass is 9.97. The minimum absolute atomic E-state index is 0.544. The van der Waals surface area contributed by atoms with Gasteiger partial charge in [-0.3, -0.25) is 4.79 Å². The third-order valence-corrected chi connectivity index (χ3v) is 3.84. The van der Waals surface area contributed by atoms with Crippen LogP contribution in [0, 0.1) is 6.92 Å². The molecule has 0 aliphatic heterocycles. The van der Waals surface area contributed by atoms with Crippen LogP contribution in [0.3, 0.4) is 0 Å². The van der Waals surface area contributed by atoms with Crippen molar-refractivity contribution in [3.8, 4) is 0 Å². The van der Waals surface area contributed by atoms with Crippen LogP contribution in [0.2, 0.25) is 0 Å². The zero-order valence-corrected chi connectivity index (χ0v) is 13.5. The lowest BCUT2D eigenvalue weighted by molar-refractivity contribution is 0.112. The Labute approximate surface area is 133 Å². The van der Waals surface area contributed by atoms with E-state index >= 15 is 0 Å². The van der Waals surface area contributed by atoms with Gasteiger partial charge in [-0.05, 0) is 40.7 Å². The van der Waals surface area contributed by atoms with Gasteiger partial charge in [0.15, 0.2) is 0 Å². The largest absolute Gasteiger partial charge is 0.298 e. The summed E-state index contributed by atoms with van der Waals surface area (Å²) in [6.45, 7) is 10.6. The van der Waals surface area contributed by atoms with Gasteiger partial charge in [-0.25, -0.2) is 0 Å². The molecule has 1 heteroatoms. The standard InChI is InChI=1S/C21H22O/c1-15(2)21-12-11-20(17(4)13-21)8-5-16(3)19-9-6-18(14-22)7-10-19/h5-15H,3H2,1-2,4H3. The SMILES string of the molecule is C=C(C=Cc1ccc(C(C)C)cc1C)c1ccc(C=O)cc1. The highest BCUT2D eigenvalue weighted by Crippen LogP contribution is 2.21. The molecule has 0 saturated heterocycles. The summed E-state index contributed by atoms with van der Waals surface area (Å²) in [5.74, 6) is 0.544. The van der Waals surface area contributed by atoms with E-state index in [1.807, 2.05) is 30.3 Å². The molecule has 1 nitrogen and oxygen atoms in total. The second-order valence-corrected chi connectivity index (χ2v) is 5.87. The molecule has 22 heavy (non-hydrogen) atoms. The van der Waals surface area contributed by atoms with E-state index < -0.39 is 0 Å². The fourth-order valence-electron chi connectivity index (χ4n) is 2.31. The van der Waals surface area contributed by atoms with Crippen LogP contribution in [0.25, 0.3) is 11.6 Å². The zero-order chi connectivity index (χ0) is 16.1. The highest BCUT2D eigenvalue weighted by molar-refractivity contribution is 5.80. The van der Waals surface area contributed by atoms with E-state index in [0.717, 1.165) is 17.4 Å². The number of hydrogen-bond donors (Lipinski definition) is 0. The Morgan fingerprint density at radius 2 is 1.77 bits per heavy atom. The van der Waals surface area contributed by atoms with Crippen molar-refractivity contribution in [1.82, 2.24) is 0 Å². The average molecular weight is 290 g/mol. The normalized spacial score (nSPS) is 11.1. The molecule has 0 saturated carbocycles. The Bertz CT molecular complexity index is 703. The highest BCUT2D eigenvalue weighted by Gasteiger charge is 2.02. The van der Waals surface area contributed by atoms with Crippen molar-refractivity contribution in [1.29, 1.82) is 0 Å². The van der Waals surface area contributed by atoms with E-state index in [1.54, 1.807) is 0 Å². The van der Waals surface area contributed by atoms with Crippen molar-refractivity contribution in [3.05, 3.63) is 82.9 Å². The number of benzene rings is 2. The monoisotopic (exact) mass is 290 g/mol. The number of carbonyl (C=O) groups excluding carboxylic acids is 1. The van der Waals surface area contributed by atoms with Gasteiger partial charge in [0.25, 0.3) is 0 Å². The van der Waals surface area contributed by atoms with Crippen LogP contribution in [-0.4, -0.2) is 6.29 Å². The Morgan fingerprint density at radius 1 is 1.09 bits per heavy atom. The number of aryl methyl sites for hydroxylation is 1. The second-order valence-electron chi connectivity index (χ2n) is 5.87. The molecule has 0 unspecified atom stereocenters. The van der Waals surface area contributed by atoms with E-state index in [9.17, 15) is 4.79 Å². The summed E-state index contributed by atoms with van der Waals surface area (Å²) in [6.07, 6.45) is 4.96. The smallest absolute Gasteiger partial charge is 0.150 e. The molecule has 2 rings (SSSR count). The van der Waals surface area contributed by atoms with E-state index in [2.05, 4.69) is 51.6 Å². The molecule has 0 atom stereocenters. The average Bonchev–Trinajstić information content (AvgIpc) is 2.53. The summed E-state index contributed by atoms with van der Waals surface area (Å²) in [4.78, 5) is 10.7. The maximum absolute atomic E-state index is 10.7. The molecule has 0 fully saturated rings. The molecule has 2 aromatic carbocycles. The van der Waals surface area contributed by atoms with Gasteiger partial charge in [0.2, 0.25) is 0 Å². The van der Waals surface area contributed by atoms with Gasteiger partial charge in [-0.2, -0.15) is 0 Å². The Hall–Kier alpha value is -2.41. The van der Waals surface area contributed by atoms with Crippen LogP contribution in [-0.2, 0) is 0 Å². The van der Waals surface area contributed by atoms with E-state index in [-0.39, 0.29) is 0 Å². The number of rotatable bonds is 5. The van der Waals surface area contributed by atoms with Crippen LogP contribution in [0.15, 0.2) is 55.1 Å². The van der Waals surface area contributed by atoms with E-state index in [4.69, 9.17) is 0 Å². The number of hydrogen-bond acceptors (Lipinski definition) is 1. The van der Waals surface area contributed by atoms with Gasteiger partial charge in [0.1, 0.15) is 6.29 Å². The molecule has 0 amide bonds. The molecule has 0 aliphatic carbocycles. The van der Waals surface area contributed by atoms with Gasteiger partial charge in [-0.1, -0.05) is 75.0 Å². The van der Waals surface area contributed by atoms with E-state index in [1.165, 1.54) is 16.7 Å². The van der Waals surface area contributed by atoms with Crippen LogP contribution in [0.5, 0.6) is 0 Å². The van der Waals surface area contributed by atoms with E-state index in [0.29, 0.717) is 11.5 Å². The first kappa shape index (κ1) is 16.0. The molecule has 0 heterocycles. The molecule has 0 bridgehead atoms. The zero-order valence-electron chi connectivity index (χ0n) is 13.5. The third kappa shape index (κ3) is 3.82. The molecule has 0 radical (unpaired) electrons. The quantitative estimate of drug-likeness (QED) is 0.513. The Kier molecular flexibility index (Phi) is 5.11. The van der Waals surface area contributed by atoms with Crippen molar-refractivity contribution in [2.24, 2.45) is 0 Å². The summed E-state index contributed by atoms with van der Waals surface area (Å²) >= 11 is 0. The Morgan fingerprint density at radius 3 is 2.32 bits per heavy atom. The summed E-state index contributed by atoms with van der Waals surface area (Å²) in [5.41, 5.74) is 6.48. The topological polar surface area (TPSA) is 17.1 Å². The third-order valence-electron chi connectivity index (χ3n) is 3.84. The Balaban J connectivity index is 2.16. The van der Waals surface area contributed by atoms with Gasteiger partial charge < -0.3 is 0 Å². The van der Waals surface area contributed by atoms with Crippen molar-refractivity contribution in [2.75, 3.05) is 0 Å². The molecule has 0 aromatic heterocycles. The van der Waals surface area contributed by atoms with Crippen molar-refractivity contribution >= 4 is 17.9 Å². The van der Waals surface area contributed by atoms with Gasteiger partial charge in [0, 0.05) is 5.56 Å². The molecule has 0 spiro atoms. The maximum Gasteiger partial charge on any atom is 0.150 e.